The van der Waals surface area contributed by atoms with E-state index in [0.717, 1.165) is 18.6 Å². The van der Waals surface area contributed by atoms with Crippen molar-refractivity contribution in [2.24, 2.45) is 5.16 Å². The molecule has 1 saturated carbocycles. The number of nitrogens with one attached hydrogen (secondary N) is 1. The zero-order valence-corrected chi connectivity index (χ0v) is 13.2. The summed E-state index contributed by atoms with van der Waals surface area (Å²) in [7, 11) is 0. The van der Waals surface area contributed by atoms with Gasteiger partial charge in [-0.2, -0.15) is 0 Å². The number of nitrogens with zero attached hydrogens (tertiary/aromatic N) is 1. The second-order valence-corrected chi connectivity index (χ2v) is 6.48. The van der Waals surface area contributed by atoms with Crippen molar-refractivity contribution in [3.05, 3.63) is 47.5 Å². The van der Waals surface area contributed by atoms with Gasteiger partial charge in [0.25, 0.3) is 0 Å². The molecule has 2 aliphatic carbocycles. The number of hydrogen-bond acceptors (Lipinski definition) is 4. The number of hydrogen-bond donors (Lipinski definition) is 2. The summed E-state index contributed by atoms with van der Waals surface area (Å²) in [5, 5.41) is 20.0. The summed E-state index contributed by atoms with van der Waals surface area (Å²) in [6, 6.07) is 13.3. The van der Waals surface area contributed by atoms with E-state index in [9.17, 15) is 5.11 Å². The molecule has 0 heterocycles. The minimum absolute atomic E-state index is 0.242. The van der Waals surface area contributed by atoms with Crippen LogP contribution in [0.25, 0.3) is 10.8 Å². The summed E-state index contributed by atoms with van der Waals surface area (Å²) in [5.74, 6) is 0. The van der Waals surface area contributed by atoms with Crippen LogP contribution in [0.4, 0.5) is 0 Å². The van der Waals surface area contributed by atoms with E-state index in [1.165, 1.54) is 34.7 Å². The zero-order valence-electron chi connectivity index (χ0n) is 13.2. The van der Waals surface area contributed by atoms with Crippen molar-refractivity contribution in [2.75, 3.05) is 13.2 Å². The Bertz CT molecular complexity index is 737. The van der Waals surface area contributed by atoms with Gasteiger partial charge in [0.1, 0.15) is 12.7 Å². The second kappa shape index (κ2) is 6.30. The van der Waals surface area contributed by atoms with Gasteiger partial charge in [-0.1, -0.05) is 41.6 Å². The molecule has 0 bridgehead atoms. The van der Waals surface area contributed by atoms with Crippen LogP contribution < -0.4 is 5.32 Å². The molecule has 0 amide bonds. The summed E-state index contributed by atoms with van der Waals surface area (Å²) in [6.45, 7) is 0.822. The van der Waals surface area contributed by atoms with Crippen molar-refractivity contribution in [1.82, 2.24) is 5.32 Å². The first-order chi connectivity index (χ1) is 11.3. The third-order valence-corrected chi connectivity index (χ3v) is 4.62. The molecule has 23 heavy (non-hydrogen) atoms. The van der Waals surface area contributed by atoms with Crippen LogP contribution in [0.2, 0.25) is 0 Å². The Labute approximate surface area is 136 Å². The molecule has 4 rings (SSSR count). The summed E-state index contributed by atoms with van der Waals surface area (Å²) in [5.41, 5.74) is 3.55. The highest BCUT2D eigenvalue weighted by Crippen LogP contribution is 2.30. The molecular weight excluding hydrogens is 288 g/mol. The van der Waals surface area contributed by atoms with Gasteiger partial charge in [0.05, 0.1) is 5.71 Å². The molecule has 2 N–H and O–H groups in total. The van der Waals surface area contributed by atoms with Gasteiger partial charge in [0, 0.05) is 18.2 Å². The quantitative estimate of drug-likeness (QED) is 0.807. The lowest BCUT2D eigenvalue weighted by Gasteiger charge is -2.10. The largest absolute Gasteiger partial charge is 0.393 e. The van der Waals surface area contributed by atoms with Crippen LogP contribution in [-0.2, 0) is 11.3 Å². The van der Waals surface area contributed by atoms with E-state index in [1.807, 2.05) is 0 Å². The Hall–Kier alpha value is -1.91. The SMILES string of the molecule is OC(CNC1CC1)CON=C1CCc2c1ccc1ccccc21. The molecule has 4 heteroatoms. The number of benzene rings is 2. The van der Waals surface area contributed by atoms with E-state index in [1.54, 1.807) is 0 Å². The molecule has 2 aromatic rings. The normalized spacial score (nSPS) is 20.0. The lowest BCUT2D eigenvalue weighted by atomic mass is 10.0. The number of rotatable bonds is 6. The molecule has 120 valence electrons. The Kier molecular flexibility index (Phi) is 4.02. The number of aliphatic hydroxyl groups is 1. The fourth-order valence-electron chi connectivity index (χ4n) is 3.20. The Morgan fingerprint density at radius 2 is 2.04 bits per heavy atom. The van der Waals surface area contributed by atoms with E-state index >= 15 is 0 Å². The number of fused-ring (bicyclic) bond motifs is 3. The average Bonchev–Trinajstić information content (AvgIpc) is 3.32. The van der Waals surface area contributed by atoms with E-state index in [-0.39, 0.29) is 6.61 Å². The first kappa shape index (κ1) is 14.7. The maximum absolute atomic E-state index is 9.88. The summed E-state index contributed by atoms with van der Waals surface area (Å²) < 4.78 is 0. The number of aliphatic hydroxyl groups excluding tert-OH is 1. The van der Waals surface area contributed by atoms with Crippen LogP contribution in [0.5, 0.6) is 0 Å². The molecule has 0 aliphatic heterocycles. The molecule has 0 aromatic heterocycles. The van der Waals surface area contributed by atoms with Crippen LogP contribution in [-0.4, -0.2) is 36.1 Å². The summed E-state index contributed by atoms with van der Waals surface area (Å²) in [4.78, 5) is 5.40. The van der Waals surface area contributed by atoms with Crippen LogP contribution in [0.1, 0.15) is 30.4 Å². The molecular formula is C19H22N2O2. The number of aryl methyl sites for hydroxylation is 1. The van der Waals surface area contributed by atoms with Crippen molar-refractivity contribution in [1.29, 1.82) is 0 Å². The van der Waals surface area contributed by atoms with Crippen molar-refractivity contribution >= 4 is 16.5 Å². The van der Waals surface area contributed by atoms with Gasteiger partial charge in [0.15, 0.2) is 0 Å². The molecule has 1 unspecified atom stereocenters. The van der Waals surface area contributed by atoms with Gasteiger partial charge in [-0.3, -0.25) is 0 Å². The predicted octanol–water partition coefficient (Wildman–Crippen LogP) is 2.62. The first-order valence-corrected chi connectivity index (χ1v) is 8.42. The predicted molar refractivity (Wildman–Crippen MR) is 91.8 cm³/mol. The fourth-order valence-corrected chi connectivity index (χ4v) is 3.20. The molecule has 0 spiro atoms. The zero-order chi connectivity index (χ0) is 15.6. The van der Waals surface area contributed by atoms with Crippen LogP contribution in [0.3, 0.4) is 0 Å². The van der Waals surface area contributed by atoms with Crippen LogP contribution in [0.15, 0.2) is 41.6 Å². The third kappa shape index (κ3) is 3.23. The molecule has 0 radical (unpaired) electrons. The van der Waals surface area contributed by atoms with E-state index in [2.05, 4.69) is 46.9 Å². The monoisotopic (exact) mass is 310 g/mol. The van der Waals surface area contributed by atoms with E-state index in [0.29, 0.717) is 12.6 Å². The molecule has 2 aliphatic rings. The van der Waals surface area contributed by atoms with Gasteiger partial charge >= 0.3 is 0 Å². The Morgan fingerprint density at radius 3 is 2.91 bits per heavy atom. The second-order valence-electron chi connectivity index (χ2n) is 6.48. The van der Waals surface area contributed by atoms with Crippen LogP contribution >= 0.6 is 0 Å². The lowest BCUT2D eigenvalue weighted by molar-refractivity contribution is 0.0401. The van der Waals surface area contributed by atoms with Gasteiger partial charge in [-0.25, -0.2) is 0 Å². The highest BCUT2D eigenvalue weighted by molar-refractivity contribution is 6.08. The highest BCUT2D eigenvalue weighted by Gasteiger charge is 2.22. The van der Waals surface area contributed by atoms with Crippen molar-refractivity contribution in [3.63, 3.8) is 0 Å². The van der Waals surface area contributed by atoms with E-state index in [4.69, 9.17) is 4.84 Å². The fraction of sp³-hybridized carbons (Fsp3) is 0.421. The minimum Gasteiger partial charge on any atom is -0.393 e. The Morgan fingerprint density at radius 1 is 1.17 bits per heavy atom. The van der Waals surface area contributed by atoms with Crippen molar-refractivity contribution < 1.29 is 9.94 Å². The van der Waals surface area contributed by atoms with Gasteiger partial charge < -0.3 is 15.3 Å². The average molecular weight is 310 g/mol. The topological polar surface area (TPSA) is 53.8 Å². The van der Waals surface area contributed by atoms with Gasteiger partial charge in [-0.15, -0.1) is 0 Å². The standard InChI is InChI=1S/C19H22N2O2/c22-15(11-20-14-6-7-14)12-23-21-19-10-9-17-16-4-2-1-3-13(16)5-8-18(17)19/h1-5,8,14-15,20,22H,6-7,9-12H2. The van der Waals surface area contributed by atoms with Crippen molar-refractivity contribution in [2.45, 2.75) is 37.8 Å². The van der Waals surface area contributed by atoms with Crippen molar-refractivity contribution in [3.8, 4) is 0 Å². The van der Waals surface area contributed by atoms with Gasteiger partial charge in [0.2, 0.25) is 0 Å². The van der Waals surface area contributed by atoms with E-state index < -0.39 is 6.10 Å². The summed E-state index contributed by atoms with van der Waals surface area (Å²) in [6.07, 6.45) is 3.85. The third-order valence-electron chi connectivity index (χ3n) is 4.62. The smallest absolute Gasteiger partial charge is 0.144 e. The lowest BCUT2D eigenvalue weighted by Crippen LogP contribution is -2.31. The molecule has 2 aromatic carbocycles. The molecule has 0 saturated heterocycles. The highest BCUT2D eigenvalue weighted by atomic mass is 16.6. The molecule has 1 fully saturated rings. The first-order valence-electron chi connectivity index (χ1n) is 8.42. The Balaban J connectivity index is 1.42. The minimum atomic E-state index is -0.502. The maximum atomic E-state index is 9.88. The number of oxime groups is 1. The maximum Gasteiger partial charge on any atom is 0.144 e. The van der Waals surface area contributed by atoms with Crippen LogP contribution in [0, 0.1) is 0 Å². The molecule has 1 atom stereocenters. The summed E-state index contributed by atoms with van der Waals surface area (Å²) >= 11 is 0. The van der Waals surface area contributed by atoms with Gasteiger partial charge in [-0.05, 0) is 42.0 Å². The molecule has 4 nitrogen and oxygen atoms in total.